The number of methoxy groups -OCH3 is 1. The number of ether oxygens (including phenoxy) is 3. The van der Waals surface area contributed by atoms with Gasteiger partial charge in [0.2, 0.25) is 5.91 Å². The van der Waals surface area contributed by atoms with E-state index in [1.807, 2.05) is 24.3 Å². The van der Waals surface area contributed by atoms with Crippen molar-refractivity contribution >= 4 is 34.4 Å². The Hall–Kier alpha value is -3.86. The summed E-state index contributed by atoms with van der Waals surface area (Å²) in [6.45, 7) is -0.200. The van der Waals surface area contributed by atoms with Gasteiger partial charge in [0.05, 0.1) is 18.7 Å². The van der Waals surface area contributed by atoms with Gasteiger partial charge in [0.15, 0.2) is 18.1 Å². The molecule has 0 aliphatic carbocycles. The molecule has 190 valence electrons. The summed E-state index contributed by atoms with van der Waals surface area (Å²) in [7, 11) is 1.34. The third-order valence-corrected chi connectivity index (χ3v) is 5.44. The number of hydrogen-bond acceptors (Lipinski definition) is 7. The van der Waals surface area contributed by atoms with Crippen LogP contribution >= 0.6 is 0 Å². The average molecular weight is 502 g/mol. The van der Waals surface area contributed by atoms with Gasteiger partial charge >= 0.3 is 6.18 Å². The van der Waals surface area contributed by atoms with Crippen LogP contribution < -0.4 is 20.1 Å². The summed E-state index contributed by atoms with van der Waals surface area (Å²) in [5, 5.41) is 6.55. The molecular weight excluding hydrogens is 477 g/mol. The summed E-state index contributed by atoms with van der Waals surface area (Å²) in [6.07, 6.45) is 2.07. The molecule has 3 aromatic rings. The van der Waals surface area contributed by atoms with Gasteiger partial charge in [-0.25, -0.2) is 9.97 Å². The minimum atomic E-state index is -4.48. The van der Waals surface area contributed by atoms with Gasteiger partial charge in [-0.15, -0.1) is 0 Å². The van der Waals surface area contributed by atoms with Crippen LogP contribution in [0.15, 0.2) is 48.8 Å². The molecule has 0 radical (unpaired) electrons. The van der Waals surface area contributed by atoms with Gasteiger partial charge in [-0.3, -0.25) is 4.79 Å². The number of nitrogens with zero attached hydrogens (tertiary/aromatic N) is 2. The molecule has 1 aliphatic rings. The van der Waals surface area contributed by atoms with Gasteiger partial charge in [0.25, 0.3) is 0 Å². The largest absolute Gasteiger partial charge is 0.493 e. The highest BCUT2D eigenvalue weighted by molar-refractivity contribution is 5.93. The van der Waals surface area contributed by atoms with E-state index in [1.165, 1.54) is 31.6 Å². The normalized spacial score (nSPS) is 15.8. The number of hydrogen-bond donors (Lipinski definition) is 2. The number of halogens is 3. The molecule has 4 rings (SSSR count). The van der Waals surface area contributed by atoms with Gasteiger partial charge in [0.1, 0.15) is 12.1 Å². The molecule has 1 amide bonds. The van der Waals surface area contributed by atoms with Crippen molar-refractivity contribution in [1.29, 1.82) is 0 Å². The zero-order valence-corrected chi connectivity index (χ0v) is 19.5. The van der Waals surface area contributed by atoms with E-state index in [9.17, 15) is 18.0 Å². The van der Waals surface area contributed by atoms with Crippen LogP contribution in [0, 0.1) is 0 Å². The van der Waals surface area contributed by atoms with E-state index in [2.05, 4.69) is 20.6 Å². The second kappa shape index (κ2) is 11.3. The standard InChI is InChI=1S/C25H25F3N4O4/c1-34-21-11-19-20(12-22(21)36-14-25(26,27)28)30-15-31-24(19)32-17-7-4-16(5-8-17)6-9-23(33)29-13-18-3-2-10-35-18/h4-9,11-12,15,18H,2-3,10,13-14H2,1H3,(H,29,33)(H,30,31,32)/b9-6+. The minimum Gasteiger partial charge on any atom is -0.493 e. The fraction of sp³-hybridized carbons (Fsp3) is 0.320. The molecule has 1 atom stereocenters. The van der Waals surface area contributed by atoms with Crippen molar-refractivity contribution in [3.8, 4) is 11.5 Å². The van der Waals surface area contributed by atoms with E-state index >= 15 is 0 Å². The summed E-state index contributed by atoms with van der Waals surface area (Å²) in [5.41, 5.74) is 1.93. The number of fused-ring (bicyclic) bond motifs is 1. The number of benzene rings is 2. The molecule has 1 fully saturated rings. The summed E-state index contributed by atoms with van der Waals surface area (Å²) < 4.78 is 53.3. The van der Waals surface area contributed by atoms with E-state index in [1.54, 1.807) is 6.08 Å². The second-order valence-electron chi connectivity index (χ2n) is 8.11. The second-order valence-corrected chi connectivity index (χ2v) is 8.11. The number of carbonyl (C=O) groups is 1. The molecule has 8 nitrogen and oxygen atoms in total. The maximum Gasteiger partial charge on any atom is 0.422 e. The number of rotatable bonds is 9. The van der Waals surface area contributed by atoms with Gasteiger partial charge in [-0.1, -0.05) is 12.1 Å². The lowest BCUT2D eigenvalue weighted by Crippen LogP contribution is -2.30. The van der Waals surface area contributed by atoms with E-state index in [-0.39, 0.29) is 23.5 Å². The molecular formula is C25H25F3N4O4. The van der Waals surface area contributed by atoms with E-state index in [0.717, 1.165) is 25.0 Å². The van der Waals surface area contributed by atoms with Crippen LogP contribution in [0.4, 0.5) is 24.7 Å². The zero-order chi connectivity index (χ0) is 25.5. The SMILES string of the molecule is COc1cc2c(Nc3ccc(/C=C/C(=O)NCC4CCCO4)cc3)ncnc2cc1OCC(F)(F)F. The summed E-state index contributed by atoms with van der Waals surface area (Å²) >= 11 is 0. The lowest BCUT2D eigenvalue weighted by Gasteiger charge is -2.14. The van der Waals surface area contributed by atoms with Crippen molar-refractivity contribution in [2.45, 2.75) is 25.1 Å². The van der Waals surface area contributed by atoms with Crippen molar-refractivity contribution < 1.29 is 32.2 Å². The van der Waals surface area contributed by atoms with Gasteiger partial charge in [-0.2, -0.15) is 13.2 Å². The maximum atomic E-state index is 12.6. The van der Waals surface area contributed by atoms with Gasteiger partial charge in [-0.05, 0) is 42.7 Å². The summed E-state index contributed by atoms with van der Waals surface area (Å²) in [6, 6.07) is 10.2. The van der Waals surface area contributed by atoms with Crippen molar-refractivity contribution in [2.75, 3.05) is 32.2 Å². The first-order chi connectivity index (χ1) is 17.3. The number of alkyl halides is 3. The Labute approximate surface area is 205 Å². The average Bonchev–Trinajstić information content (AvgIpc) is 3.39. The Morgan fingerprint density at radius 3 is 2.69 bits per heavy atom. The Balaban J connectivity index is 1.43. The van der Waals surface area contributed by atoms with Crippen LogP contribution in [-0.2, 0) is 9.53 Å². The number of nitrogens with one attached hydrogen (secondary N) is 2. The third kappa shape index (κ3) is 6.85. The van der Waals surface area contributed by atoms with Crippen LogP contribution in [0.25, 0.3) is 17.0 Å². The molecule has 2 N–H and O–H groups in total. The molecule has 11 heteroatoms. The Kier molecular flexibility index (Phi) is 7.89. The van der Waals surface area contributed by atoms with Crippen molar-refractivity contribution in [3.05, 3.63) is 54.4 Å². The molecule has 2 heterocycles. The minimum absolute atomic E-state index is 0.0667. The lowest BCUT2D eigenvalue weighted by molar-refractivity contribution is -0.153. The van der Waals surface area contributed by atoms with Gasteiger partial charge < -0.3 is 24.8 Å². The topological polar surface area (TPSA) is 94.6 Å². The van der Waals surface area contributed by atoms with Crippen LogP contribution in [0.1, 0.15) is 18.4 Å². The zero-order valence-electron chi connectivity index (χ0n) is 19.5. The molecule has 1 aliphatic heterocycles. The first-order valence-electron chi connectivity index (χ1n) is 11.3. The fourth-order valence-electron chi connectivity index (χ4n) is 3.66. The van der Waals surface area contributed by atoms with E-state index < -0.39 is 12.8 Å². The molecule has 1 unspecified atom stereocenters. The molecule has 0 bridgehead atoms. The van der Waals surface area contributed by atoms with Crippen molar-refractivity contribution in [3.63, 3.8) is 0 Å². The molecule has 0 saturated carbocycles. The number of aromatic nitrogens is 2. The first-order valence-corrected chi connectivity index (χ1v) is 11.3. The van der Waals surface area contributed by atoms with Crippen LogP contribution in [0.5, 0.6) is 11.5 Å². The number of carbonyl (C=O) groups excluding carboxylic acids is 1. The van der Waals surface area contributed by atoms with Crippen molar-refractivity contribution in [1.82, 2.24) is 15.3 Å². The van der Waals surface area contributed by atoms with Crippen LogP contribution in [-0.4, -0.2) is 55.0 Å². The van der Waals surface area contributed by atoms with Crippen LogP contribution in [0.2, 0.25) is 0 Å². The highest BCUT2D eigenvalue weighted by Gasteiger charge is 2.29. The molecule has 2 aromatic carbocycles. The number of amides is 1. The van der Waals surface area contributed by atoms with Crippen molar-refractivity contribution in [2.24, 2.45) is 0 Å². The number of anilines is 2. The van der Waals surface area contributed by atoms with Gasteiger partial charge in [0, 0.05) is 36.4 Å². The highest BCUT2D eigenvalue weighted by atomic mass is 19.4. The molecule has 36 heavy (non-hydrogen) atoms. The Morgan fingerprint density at radius 2 is 2.00 bits per heavy atom. The lowest BCUT2D eigenvalue weighted by atomic mass is 10.1. The first kappa shape index (κ1) is 25.2. The predicted octanol–water partition coefficient (Wildman–Crippen LogP) is 4.63. The summed E-state index contributed by atoms with van der Waals surface area (Å²) in [4.78, 5) is 20.4. The third-order valence-electron chi connectivity index (χ3n) is 5.44. The maximum absolute atomic E-state index is 12.6. The Bertz CT molecular complexity index is 1230. The molecule has 1 saturated heterocycles. The summed E-state index contributed by atoms with van der Waals surface area (Å²) in [5.74, 6) is 0.316. The smallest absolute Gasteiger partial charge is 0.422 e. The van der Waals surface area contributed by atoms with Crippen LogP contribution in [0.3, 0.4) is 0 Å². The monoisotopic (exact) mass is 502 g/mol. The van der Waals surface area contributed by atoms with E-state index in [4.69, 9.17) is 14.2 Å². The van der Waals surface area contributed by atoms with E-state index in [0.29, 0.717) is 29.0 Å². The predicted molar refractivity (Wildman–Crippen MR) is 128 cm³/mol. The quantitative estimate of drug-likeness (QED) is 0.412. The molecule has 0 spiro atoms. The molecule has 1 aromatic heterocycles. The fourth-order valence-corrected chi connectivity index (χ4v) is 3.66. The highest BCUT2D eigenvalue weighted by Crippen LogP contribution is 2.35. The Morgan fingerprint density at radius 1 is 1.19 bits per heavy atom.